The maximum Gasteiger partial charge on any atom is 0.251 e. The zero-order valence-electron chi connectivity index (χ0n) is 21.4. The SMILES string of the molecule is CCCCCCCCCCCCCCOc1ccc(C(=O)NCCc2cccc[n+]2C)cc1.[I-]. The number of aromatic nitrogens is 1. The van der Waals surface area contributed by atoms with E-state index in [-0.39, 0.29) is 29.9 Å². The predicted molar refractivity (Wildman–Crippen MR) is 137 cm³/mol. The molecule has 4 nitrogen and oxygen atoms in total. The van der Waals surface area contributed by atoms with Crippen molar-refractivity contribution in [2.45, 2.75) is 90.4 Å². The van der Waals surface area contributed by atoms with Crippen LogP contribution >= 0.6 is 0 Å². The summed E-state index contributed by atoms with van der Waals surface area (Å²) in [5, 5.41) is 3.00. The molecule has 0 saturated heterocycles. The molecule has 0 aliphatic rings. The van der Waals surface area contributed by atoms with Crippen molar-refractivity contribution in [3.63, 3.8) is 0 Å². The van der Waals surface area contributed by atoms with Crippen molar-refractivity contribution in [1.82, 2.24) is 5.32 Å². The van der Waals surface area contributed by atoms with Crippen LogP contribution in [0.1, 0.15) is 100 Å². The van der Waals surface area contributed by atoms with Crippen LogP contribution in [0.2, 0.25) is 0 Å². The maximum atomic E-state index is 12.4. The minimum atomic E-state index is -0.0407. The van der Waals surface area contributed by atoms with Crippen molar-refractivity contribution in [3.05, 3.63) is 59.9 Å². The summed E-state index contributed by atoms with van der Waals surface area (Å²) in [7, 11) is 2.02. The molecule has 34 heavy (non-hydrogen) atoms. The first kappa shape index (κ1) is 30.4. The molecule has 2 aromatic rings. The molecular weight excluding hydrogens is 535 g/mol. The lowest BCUT2D eigenvalue weighted by atomic mass is 10.1. The van der Waals surface area contributed by atoms with Gasteiger partial charge < -0.3 is 34.0 Å². The molecule has 0 unspecified atom stereocenters. The molecule has 0 fully saturated rings. The number of hydrogen-bond acceptors (Lipinski definition) is 2. The second kappa shape index (κ2) is 19.7. The number of halogens is 1. The number of amides is 1. The Morgan fingerprint density at radius 2 is 1.41 bits per heavy atom. The van der Waals surface area contributed by atoms with Gasteiger partial charge in [-0.15, -0.1) is 0 Å². The van der Waals surface area contributed by atoms with Crippen molar-refractivity contribution in [2.24, 2.45) is 7.05 Å². The number of benzene rings is 1. The molecule has 0 spiro atoms. The molecule has 1 aromatic carbocycles. The lowest BCUT2D eigenvalue weighted by Gasteiger charge is -2.08. The maximum absolute atomic E-state index is 12.4. The van der Waals surface area contributed by atoms with Crippen LogP contribution in [0.4, 0.5) is 0 Å². The lowest BCUT2D eigenvalue weighted by molar-refractivity contribution is -0.679. The summed E-state index contributed by atoms with van der Waals surface area (Å²) in [6.07, 6.45) is 19.0. The monoisotopic (exact) mass is 580 g/mol. The lowest BCUT2D eigenvalue weighted by Crippen LogP contribution is -3.00. The highest BCUT2D eigenvalue weighted by Gasteiger charge is 2.08. The second-order valence-corrected chi connectivity index (χ2v) is 9.07. The second-order valence-electron chi connectivity index (χ2n) is 9.07. The van der Waals surface area contributed by atoms with Gasteiger partial charge >= 0.3 is 0 Å². The normalized spacial score (nSPS) is 10.5. The zero-order chi connectivity index (χ0) is 23.6. The van der Waals surface area contributed by atoms with Crippen LogP contribution in [0.15, 0.2) is 48.7 Å². The van der Waals surface area contributed by atoms with Gasteiger partial charge in [-0.05, 0) is 30.7 Å². The molecule has 0 aliphatic carbocycles. The van der Waals surface area contributed by atoms with E-state index in [0.29, 0.717) is 12.1 Å². The van der Waals surface area contributed by atoms with Crippen LogP contribution < -0.4 is 38.6 Å². The third-order valence-corrected chi connectivity index (χ3v) is 6.21. The smallest absolute Gasteiger partial charge is 0.251 e. The van der Waals surface area contributed by atoms with Crippen LogP contribution in [-0.4, -0.2) is 19.1 Å². The highest BCUT2D eigenvalue weighted by atomic mass is 127. The van der Waals surface area contributed by atoms with Crippen LogP contribution in [0.3, 0.4) is 0 Å². The van der Waals surface area contributed by atoms with Gasteiger partial charge in [-0.1, -0.05) is 83.6 Å². The van der Waals surface area contributed by atoms with Gasteiger partial charge in [-0.2, -0.15) is 0 Å². The van der Waals surface area contributed by atoms with E-state index >= 15 is 0 Å². The van der Waals surface area contributed by atoms with Crippen molar-refractivity contribution >= 4 is 5.91 Å². The van der Waals surface area contributed by atoms with Gasteiger partial charge in [-0.3, -0.25) is 4.79 Å². The number of unbranched alkanes of at least 4 members (excludes halogenated alkanes) is 11. The predicted octanol–water partition coefficient (Wildman–Crippen LogP) is 3.57. The number of nitrogens with zero attached hydrogens (tertiary/aromatic N) is 1. The molecule has 1 N–H and O–H groups in total. The zero-order valence-corrected chi connectivity index (χ0v) is 23.5. The molecule has 1 amide bonds. The van der Waals surface area contributed by atoms with E-state index < -0.39 is 0 Å². The fourth-order valence-corrected chi connectivity index (χ4v) is 4.06. The minimum Gasteiger partial charge on any atom is -1.00 e. The molecule has 0 bridgehead atoms. The molecule has 1 heterocycles. The quantitative estimate of drug-likeness (QED) is 0.167. The number of carbonyl (C=O) groups is 1. The Morgan fingerprint density at radius 3 is 2.00 bits per heavy atom. The van der Waals surface area contributed by atoms with E-state index in [1.54, 1.807) is 0 Å². The Hall–Kier alpha value is -1.63. The molecule has 0 atom stereocenters. The van der Waals surface area contributed by atoms with Crippen molar-refractivity contribution in [1.29, 1.82) is 0 Å². The van der Waals surface area contributed by atoms with Crippen molar-refractivity contribution in [2.75, 3.05) is 13.2 Å². The molecule has 190 valence electrons. The fourth-order valence-electron chi connectivity index (χ4n) is 4.06. The number of aryl methyl sites for hydroxylation is 1. The van der Waals surface area contributed by atoms with E-state index in [2.05, 4.69) is 22.9 Å². The van der Waals surface area contributed by atoms with Gasteiger partial charge in [0.05, 0.1) is 6.61 Å². The molecule has 5 heteroatoms. The number of nitrogens with one attached hydrogen (secondary N) is 1. The summed E-state index contributed by atoms with van der Waals surface area (Å²) >= 11 is 0. The van der Waals surface area contributed by atoms with E-state index in [0.717, 1.165) is 25.2 Å². The van der Waals surface area contributed by atoms with Crippen LogP contribution in [0, 0.1) is 0 Å². The van der Waals surface area contributed by atoms with E-state index in [1.807, 2.05) is 49.6 Å². The molecule has 0 saturated carbocycles. The molecule has 1 aromatic heterocycles. The van der Waals surface area contributed by atoms with Crippen LogP contribution in [-0.2, 0) is 13.5 Å². The average Bonchev–Trinajstić information content (AvgIpc) is 2.83. The standard InChI is InChI=1S/C29H44N2O2.HI/c1-3-4-5-6-7-8-9-10-11-12-13-16-25-33-28-20-18-26(19-21-28)29(32)30-23-22-27-17-14-15-24-31(27)2;/h14-15,17-21,24H,3-13,16,22-23,25H2,1-2H3;1H. The molecule has 0 radical (unpaired) electrons. The van der Waals surface area contributed by atoms with Gasteiger partial charge in [-0.25, -0.2) is 4.57 Å². The summed E-state index contributed by atoms with van der Waals surface area (Å²) in [5.74, 6) is 0.798. The average molecular weight is 581 g/mol. The minimum absolute atomic E-state index is 0. The molecule has 2 rings (SSSR count). The number of ether oxygens (including phenoxy) is 1. The third kappa shape index (κ3) is 13.3. The number of pyridine rings is 1. The van der Waals surface area contributed by atoms with Gasteiger partial charge in [0, 0.05) is 30.7 Å². The summed E-state index contributed by atoms with van der Waals surface area (Å²) in [5.41, 5.74) is 1.87. The number of carbonyl (C=O) groups excluding carboxylic acids is 1. The largest absolute Gasteiger partial charge is 1.00 e. The Morgan fingerprint density at radius 1 is 0.824 bits per heavy atom. The van der Waals surface area contributed by atoms with Gasteiger partial charge in [0.25, 0.3) is 5.91 Å². The fraction of sp³-hybridized carbons (Fsp3) is 0.586. The van der Waals surface area contributed by atoms with E-state index in [4.69, 9.17) is 4.74 Å². The first-order valence-electron chi connectivity index (χ1n) is 13.2. The summed E-state index contributed by atoms with van der Waals surface area (Å²) in [6.45, 7) is 3.64. The Kier molecular flexibility index (Phi) is 17.6. The van der Waals surface area contributed by atoms with Crippen molar-refractivity contribution in [3.8, 4) is 5.75 Å². The number of hydrogen-bond donors (Lipinski definition) is 1. The first-order chi connectivity index (χ1) is 16.2. The Balaban J connectivity index is 0.00000578. The summed E-state index contributed by atoms with van der Waals surface area (Å²) in [4.78, 5) is 12.4. The van der Waals surface area contributed by atoms with Crippen LogP contribution in [0.5, 0.6) is 5.75 Å². The summed E-state index contributed by atoms with van der Waals surface area (Å²) in [6, 6.07) is 13.6. The highest BCUT2D eigenvalue weighted by Crippen LogP contribution is 2.14. The van der Waals surface area contributed by atoms with Crippen LogP contribution in [0.25, 0.3) is 0 Å². The summed E-state index contributed by atoms with van der Waals surface area (Å²) < 4.78 is 7.93. The van der Waals surface area contributed by atoms with Gasteiger partial charge in [0.1, 0.15) is 12.8 Å². The highest BCUT2D eigenvalue weighted by molar-refractivity contribution is 5.94. The van der Waals surface area contributed by atoms with Crippen molar-refractivity contribution < 1.29 is 38.1 Å². The van der Waals surface area contributed by atoms with E-state index in [9.17, 15) is 4.79 Å². The number of rotatable bonds is 18. The Labute approximate surface area is 224 Å². The van der Waals surface area contributed by atoms with E-state index in [1.165, 1.54) is 76.3 Å². The molecular formula is C29H45IN2O2. The molecule has 0 aliphatic heterocycles. The Bertz CT molecular complexity index is 780. The topological polar surface area (TPSA) is 42.2 Å². The van der Waals surface area contributed by atoms with Gasteiger partial charge in [0.2, 0.25) is 0 Å². The van der Waals surface area contributed by atoms with Gasteiger partial charge in [0.15, 0.2) is 11.9 Å². The third-order valence-electron chi connectivity index (χ3n) is 6.21. The first-order valence-corrected chi connectivity index (χ1v) is 13.2.